The summed E-state index contributed by atoms with van der Waals surface area (Å²) >= 11 is 0. The Kier molecular flexibility index (Phi) is 6.65. The number of benzene rings is 1. The molecule has 2 fully saturated rings. The number of nitrogens with one attached hydrogen (secondary N) is 1. The highest BCUT2D eigenvalue weighted by molar-refractivity contribution is 5.80. The Bertz CT molecular complexity index is 824. The van der Waals surface area contributed by atoms with E-state index in [1.165, 1.54) is 51.4 Å². The number of ether oxygens (including phenoxy) is 1. The second-order valence-electron chi connectivity index (χ2n) is 8.68. The van der Waals surface area contributed by atoms with Gasteiger partial charge in [-0.05, 0) is 61.8 Å². The molecule has 0 spiro atoms. The number of pyridine rings is 1. The second-order valence-corrected chi connectivity index (χ2v) is 8.68. The quantitative estimate of drug-likeness (QED) is 0.619. The molecule has 0 unspecified atom stereocenters. The minimum absolute atomic E-state index is 0.122. The monoisotopic (exact) mass is 396 g/mol. The van der Waals surface area contributed by atoms with Crippen LogP contribution in [0.4, 0.5) is 0 Å². The molecule has 2 aliphatic carbocycles. The topological polar surface area (TPSA) is 71.5 Å². The highest BCUT2D eigenvalue weighted by Crippen LogP contribution is 2.40. The number of aromatic nitrogens is 1. The number of carboxylic acids is 1. The molecule has 0 amide bonds. The first-order chi connectivity index (χ1) is 14.2. The molecule has 0 bridgehead atoms. The number of rotatable bonds is 8. The molecule has 2 aliphatic rings. The molecule has 2 N–H and O–H groups in total. The summed E-state index contributed by atoms with van der Waals surface area (Å²) in [5, 5.41) is 12.9. The normalized spacial score (nSPS) is 22.8. The Labute approximate surface area is 172 Å². The average Bonchev–Trinajstić information content (AvgIpc) is 3.26. The van der Waals surface area contributed by atoms with Gasteiger partial charge in [-0.25, -0.2) is 0 Å². The fourth-order valence-corrected chi connectivity index (χ4v) is 5.03. The van der Waals surface area contributed by atoms with Crippen LogP contribution in [0.5, 0.6) is 5.75 Å². The predicted octanol–water partition coefficient (Wildman–Crippen LogP) is 4.93. The van der Waals surface area contributed by atoms with Gasteiger partial charge in [0, 0.05) is 18.5 Å². The molecule has 0 saturated heterocycles. The van der Waals surface area contributed by atoms with Crippen molar-refractivity contribution in [2.24, 2.45) is 11.8 Å². The van der Waals surface area contributed by atoms with Crippen LogP contribution in [0.15, 0.2) is 30.3 Å². The molecule has 29 heavy (non-hydrogen) atoms. The van der Waals surface area contributed by atoms with E-state index in [2.05, 4.69) is 22.4 Å². The third-order valence-corrected chi connectivity index (χ3v) is 6.63. The van der Waals surface area contributed by atoms with Crippen molar-refractivity contribution >= 4 is 16.9 Å². The molecule has 156 valence electrons. The molecular weight excluding hydrogens is 364 g/mol. The largest absolute Gasteiger partial charge is 0.490 e. The van der Waals surface area contributed by atoms with Gasteiger partial charge in [0.2, 0.25) is 0 Å². The van der Waals surface area contributed by atoms with E-state index in [0.717, 1.165) is 34.2 Å². The van der Waals surface area contributed by atoms with E-state index < -0.39 is 5.97 Å². The second kappa shape index (κ2) is 9.57. The molecule has 0 radical (unpaired) electrons. The first-order valence-electron chi connectivity index (χ1n) is 11.2. The van der Waals surface area contributed by atoms with Gasteiger partial charge in [-0.1, -0.05) is 31.7 Å². The van der Waals surface area contributed by atoms with Crippen molar-refractivity contribution < 1.29 is 14.6 Å². The lowest BCUT2D eigenvalue weighted by atomic mass is 9.78. The summed E-state index contributed by atoms with van der Waals surface area (Å²) in [4.78, 5) is 15.2. The standard InChI is InChI=1S/C24H32N2O3/c27-24(28)13-14-25-16-20-8-5-19-15-22(11-12-23(19)26-20)29-21-9-6-18(7-10-21)17-3-1-2-4-17/h5,8,11-12,15,17-18,21,25H,1-4,6-7,9-10,13-14,16H2,(H,27,28). The zero-order valence-electron chi connectivity index (χ0n) is 17.1. The number of hydrogen-bond donors (Lipinski definition) is 2. The molecule has 5 heteroatoms. The van der Waals surface area contributed by atoms with Crippen LogP contribution >= 0.6 is 0 Å². The Morgan fingerprint density at radius 2 is 1.79 bits per heavy atom. The zero-order valence-corrected chi connectivity index (χ0v) is 17.1. The van der Waals surface area contributed by atoms with E-state index in [9.17, 15) is 4.79 Å². The summed E-state index contributed by atoms with van der Waals surface area (Å²) in [5.74, 6) is 2.07. The number of fused-ring (bicyclic) bond motifs is 1. The molecule has 1 aromatic carbocycles. The highest BCUT2D eigenvalue weighted by atomic mass is 16.5. The number of hydrogen-bond acceptors (Lipinski definition) is 4. The highest BCUT2D eigenvalue weighted by Gasteiger charge is 2.30. The van der Waals surface area contributed by atoms with Gasteiger partial charge in [0.1, 0.15) is 5.75 Å². The van der Waals surface area contributed by atoms with Crippen LogP contribution in [-0.2, 0) is 11.3 Å². The third-order valence-electron chi connectivity index (χ3n) is 6.63. The van der Waals surface area contributed by atoms with Gasteiger partial charge in [0.05, 0.1) is 23.7 Å². The maximum atomic E-state index is 10.6. The van der Waals surface area contributed by atoms with Gasteiger partial charge in [0.15, 0.2) is 0 Å². The summed E-state index contributed by atoms with van der Waals surface area (Å²) in [6.45, 7) is 1.02. The summed E-state index contributed by atoms with van der Waals surface area (Å²) in [7, 11) is 0. The van der Waals surface area contributed by atoms with Crippen molar-refractivity contribution in [3.8, 4) is 5.75 Å². The number of aliphatic carboxylic acids is 1. The molecule has 2 saturated carbocycles. The molecule has 1 heterocycles. The minimum atomic E-state index is -0.788. The molecular formula is C24H32N2O3. The number of nitrogens with zero attached hydrogens (tertiary/aromatic N) is 1. The van der Waals surface area contributed by atoms with Gasteiger partial charge >= 0.3 is 5.97 Å². The summed E-state index contributed by atoms with van der Waals surface area (Å²) in [6, 6.07) is 10.2. The van der Waals surface area contributed by atoms with Crippen LogP contribution < -0.4 is 10.1 Å². The average molecular weight is 397 g/mol. The molecule has 0 atom stereocenters. The van der Waals surface area contributed by atoms with E-state index in [-0.39, 0.29) is 6.42 Å². The Hall–Kier alpha value is -2.14. The maximum absolute atomic E-state index is 10.6. The number of carbonyl (C=O) groups is 1. The summed E-state index contributed by atoms with van der Waals surface area (Å²) in [6.07, 6.45) is 11.2. The van der Waals surface area contributed by atoms with Crippen LogP contribution in [0.1, 0.15) is 63.5 Å². The van der Waals surface area contributed by atoms with Crippen molar-refractivity contribution in [3.63, 3.8) is 0 Å². The van der Waals surface area contributed by atoms with Gasteiger partial charge in [-0.2, -0.15) is 0 Å². The van der Waals surface area contributed by atoms with Crippen LogP contribution in [0.3, 0.4) is 0 Å². The minimum Gasteiger partial charge on any atom is -0.490 e. The molecule has 5 nitrogen and oxygen atoms in total. The van der Waals surface area contributed by atoms with E-state index in [1.807, 2.05) is 18.2 Å². The SMILES string of the molecule is O=C(O)CCNCc1ccc2cc(OC3CCC(C4CCCC4)CC3)ccc2n1. The van der Waals surface area contributed by atoms with Crippen LogP contribution in [0.25, 0.3) is 10.9 Å². The van der Waals surface area contributed by atoms with Crippen molar-refractivity contribution in [1.82, 2.24) is 10.3 Å². The third kappa shape index (κ3) is 5.47. The van der Waals surface area contributed by atoms with Gasteiger partial charge in [-0.15, -0.1) is 0 Å². The fraction of sp³-hybridized carbons (Fsp3) is 0.583. The Balaban J connectivity index is 1.29. The predicted molar refractivity (Wildman–Crippen MR) is 114 cm³/mol. The van der Waals surface area contributed by atoms with Crippen molar-refractivity contribution in [1.29, 1.82) is 0 Å². The zero-order chi connectivity index (χ0) is 20.1. The van der Waals surface area contributed by atoms with Crippen molar-refractivity contribution in [2.45, 2.75) is 70.4 Å². The van der Waals surface area contributed by atoms with Crippen LogP contribution in [-0.4, -0.2) is 28.7 Å². The lowest BCUT2D eigenvalue weighted by Crippen LogP contribution is -2.27. The first kappa shape index (κ1) is 20.1. The van der Waals surface area contributed by atoms with Crippen LogP contribution in [0, 0.1) is 11.8 Å². The number of carboxylic acid groups (broad SMARTS) is 1. The Morgan fingerprint density at radius 1 is 1.03 bits per heavy atom. The van der Waals surface area contributed by atoms with Crippen molar-refractivity contribution in [3.05, 3.63) is 36.0 Å². The first-order valence-corrected chi connectivity index (χ1v) is 11.2. The summed E-state index contributed by atoms with van der Waals surface area (Å²) in [5.41, 5.74) is 1.86. The van der Waals surface area contributed by atoms with E-state index >= 15 is 0 Å². The maximum Gasteiger partial charge on any atom is 0.304 e. The lowest BCUT2D eigenvalue weighted by Gasteiger charge is -2.32. The van der Waals surface area contributed by atoms with E-state index in [4.69, 9.17) is 9.84 Å². The smallest absolute Gasteiger partial charge is 0.304 e. The Morgan fingerprint density at radius 3 is 2.55 bits per heavy atom. The molecule has 1 aromatic heterocycles. The van der Waals surface area contributed by atoms with Gasteiger partial charge in [-0.3, -0.25) is 9.78 Å². The summed E-state index contributed by atoms with van der Waals surface area (Å²) < 4.78 is 6.31. The molecule has 0 aliphatic heterocycles. The van der Waals surface area contributed by atoms with E-state index in [1.54, 1.807) is 0 Å². The molecule has 4 rings (SSSR count). The fourth-order valence-electron chi connectivity index (χ4n) is 5.03. The van der Waals surface area contributed by atoms with Gasteiger partial charge in [0.25, 0.3) is 0 Å². The molecule has 2 aromatic rings. The van der Waals surface area contributed by atoms with Crippen molar-refractivity contribution in [2.75, 3.05) is 6.54 Å². The van der Waals surface area contributed by atoms with E-state index in [0.29, 0.717) is 19.2 Å². The van der Waals surface area contributed by atoms with Gasteiger partial charge < -0.3 is 15.2 Å². The lowest BCUT2D eigenvalue weighted by molar-refractivity contribution is -0.136. The van der Waals surface area contributed by atoms with Crippen LogP contribution in [0.2, 0.25) is 0 Å².